The van der Waals surface area contributed by atoms with Crippen molar-refractivity contribution in [3.8, 4) is 0 Å². The summed E-state index contributed by atoms with van der Waals surface area (Å²) in [6.45, 7) is 1.97. The minimum absolute atomic E-state index is 0.716. The molecule has 2 aromatic rings. The number of nitrogens with two attached hydrogens (primary N) is 1. The molecule has 0 aliphatic heterocycles. The zero-order valence-electron chi connectivity index (χ0n) is 8.80. The molecule has 0 aliphatic rings. The Hall–Kier alpha value is -0.790. The van der Waals surface area contributed by atoms with Crippen LogP contribution >= 0.6 is 34.9 Å². The maximum absolute atomic E-state index is 5.94. The van der Waals surface area contributed by atoms with Gasteiger partial charge in [-0.3, -0.25) is 0 Å². The van der Waals surface area contributed by atoms with E-state index in [0.717, 1.165) is 19.3 Å². The average molecular weight is 270 g/mol. The smallest absolute Gasteiger partial charge is 0.181 e. The molecule has 0 bridgehead atoms. The summed E-state index contributed by atoms with van der Waals surface area (Å²) in [5.74, 6) is 0. The van der Waals surface area contributed by atoms with Crippen LogP contribution in [0, 0.1) is 6.92 Å². The van der Waals surface area contributed by atoms with E-state index in [1.165, 1.54) is 11.8 Å². The van der Waals surface area contributed by atoms with Gasteiger partial charge >= 0.3 is 0 Å². The fourth-order valence-electron chi connectivity index (χ4n) is 1.03. The second-order valence-corrected chi connectivity index (χ2v) is 6.25. The van der Waals surface area contributed by atoms with Gasteiger partial charge in [0.15, 0.2) is 8.68 Å². The van der Waals surface area contributed by atoms with Crippen molar-refractivity contribution in [2.24, 2.45) is 0 Å². The molecule has 0 atom stereocenters. The van der Waals surface area contributed by atoms with Crippen LogP contribution in [0.25, 0.3) is 0 Å². The standard InChI is InChI=1S/C9H10N4S3/c1-5-3-4-11-7(6(5)10)15-9-13-12-8(14-2)16-9/h3-4H,10H2,1-2H3. The first kappa shape index (κ1) is 11.7. The second-order valence-electron chi connectivity index (χ2n) is 2.99. The van der Waals surface area contributed by atoms with Gasteiger partial charge in [0, 0.05) is 6.20 Å². The molecule has 0 radical (unpaired) electrons. The van der Waals surface area contributed by atoms with E-state index >= 15 is 0 Å². The highest BCUT2D eigenvalue weighted by Gasteiger charge is 2.09. The lowest BCUT2D eigenvalue weighted by Gasteiger charge is -2.03. The molecular weight excluding hydrogens is 260 g/mol. The molecule has 4 nitrogen and oxygen atoms in total. The molecule has 7 heteroatoms. The largest absolute Gasteiger partial charge is 0.396 e. The molecular formula is C9H10N4S3. The van der Waals surface area contributed by atoms with Crippen molar-refractivity contribution in [1.29, 1.82) is 0 Å². The van der Waals surface area contributed by atoms with Crippen molar-refractivity contribution in [2.75, 3.05) is 12.0 Å². The number of hydrogen-bond acceptors (Lipinski definition) is 7. The Bertz CT molecular complexity index is 497. The lowest BCUT2D eigenvalue weighted by Crippen LogP contribution is -1.94. The maximum Gasteiger partial charge on any atom is 0.181 e. The van der Waals surface area contributed by atoms with Gasteiger partial charge in [0.2, 0.25) is 0 Å². The van der Waals surface area contributed by atoms with Crippen LogP contribution in [0.3, 0.4) is 0 Å². The minimum Gasteiger partial charge on any atom is -0.396 e. The fourth-order valence-corrected chi connectivity index (χ4v) is 3.47. The van der Waals surface area contributed by atoms with Crippen molar-refractivity contribution < 1.29 is 0 Å². The Labute approximate surface area is 106 Å². The molecule has 2 heterocycles. The van der Waals surface area contributed by atoms with Gasteiger partial charge in [0.25, 0.3) is 0 Å². The van der Waals surface area contributed by atoms with Gasteiger partial charge in [-0.25, -0.2) is 4.98 Å². The third-order valence-corrected chi connectivity index (χ3v) is 4.89. The van der Waals surface area contributed by atoms with Crippen LogP contribution in [0.1, 0.15) is 5.56 Å². The Kier molecular flexibility index (Phi) is 3.67. The summed E-state index contributed by atoms with van der Waals surface area (Å²) in [5.41, 5.74) is 7.69. The Balaban J connectivity index is 2.23. The number of anilines is 1. The van der Waals surface area contributed by atoms with Crippen molar-refractivity contribution in [1.82, 2.24) is 15.2 Å². The van der Waals surface area contributed by atoms with E-state index in [9.17, 15) is 0 Å². The molecule has 16 heavy (non-hydrogen) atoms. The van der Waals surface area contributed by atoms with Crippen molar-refractivity contribution >= 4 is 40.5 Å². The van der Waals surface area contributed by atoms with E-state index in [-0.39, 0.29) is 0 Å². The van der Waals surface area contributed by atoms with Crippen LogP contribution < -0.4 is 5.73 Å². The predicted molar refractivity (Wildman–Crippen MR) is 69.2 cm³/mol. The molecule has 0 aliphatic carbocycles. The first-order chi connectivity index (χ1) is 7.70. The molecule has 2 aromatic heterocycles. The van der Waals surface area contributed by atoms with Gasteiger partial charge in [-0.1, -0.05) is 23.1 Å². The molecule has 0 unspecified atom stereocenters. The van der Waals surface area contributed by atoms with Crippen molar-refractivity contribution in [3.63, 3.8) is 0 Å². The average Bonchev–Trinajstić information content (AvgIpc) is 2.73. The van der Waals surface area contributed by atoms with E-state index in [2.05, 4.69) is 15.2 Å². The van der Waals surface area contributed by atoms with Crippen LogP contribution in [-0.4, -0.2) is 21.4 Å². The number of pyridine rings is 1. The summed E-state index contributed by atoms with van der Waals surface area (Å²) in [6.07, 6.45) is 3.73. The van der Waals surface area contributed by atoms with E-state index in [1.807, 2.05) is 19.2 Å². The molecule has 0 spiro atoms. The van der Waals surface area contributed by atoms with E-state index in [4.69, 9.17) is 5.73 Å². The molecule has 2 N–H and O–H groups in total. The number of aromatic nitrogens is 3. The van der Waals surface area contributed by atoms with Gasteiger partial charge in [-0.15, -0.1) is 10.2 Å². The number of aryl methyl sites for hydroxylation is 1. The lowest BCUT2D eigenvalue weighted by atomic mass is 10.3. The number of nitrogen functional groups attached to an aromatic ring is 1. The summed E-state index contributed by atoms with van der Waals surface area (Å²) in [5, 5.41) is 8.89. The monoisotopic (exact) mass is 270 g/mol. The number of nitrogens with zero attached hydrogens (tertiary/aromatic N) is 3. The van der Waals surface area contributed by atoms with Crippen LogP contribution in [0.5, 0.6) is 0 Å². The van der Waals surface area contributed by atoms with Gasteiger partial charge in [0.1, 0.15) is 5.03 Å². The molecule has 0 saturated heterocycles. The van der Waals surface area contributed by atoms with E-state index < -0.39 is 0 Å². The van der Waals surface area contributed by atoms with Crippen LogP contribution in [0.15, 0.2) is 26.0 Å². The van der Waals surface area contributed by atoms with E-state index in [0.29, 0.717) is 5.69 Å². The first-order valence-electron chi connectivity index (χ1n) is 4.47. The third-order valence-electron chi connectivity index (χ3n) is 1.92. The third kappa shape index (κ3) is 2.47. The highest BCUT2D eigenvalue weighted by Crippen LogP contribution is 2.35. The van der Waals surface area contributed by atoms with Crippen molar-refractivity contribution in [2.45, 2.75) is 20.6 Å². The highest BCUT2D eigenvalue weighted by atomic mass is 32.2. The van der Waals surface area contributed by atoms with Gasteiger partial charge in [-0.05, 0) is 36.6 Å². The van der Waals surface area contributed by atoms with E-state index in [1.54, 1.807) is 29.3 Å². The van der Waals surface area contributed by atoms with Gasteiger partial charge in [0.05, 0.1) is 5.69 Å². The minimum atomic E-state index is 0.716. The summed E-state index contributed by atoms with van der Waals surface area (Å²) < 4.78 is 1.82. The van der Waals surface area contributed by atoms with Crippen LogP contribution in [0.4, 0.5) is 5.69 Å². The van der Waals surface area contributed by atoms with Crippen LogP contribution in [-0.2, 0) is 0 Å². The SMILES string of the molecule is CSc1nnc(Sc2nccc(C)c2N)s1. The Morgan fingerprint density at radius 1 is 1.31 bits per heavy atom. The summed E-state index contributed by atoms with van der Waals surface area (Å²) in [7, 11) is 0. The molecule has 0 saturated carbocycles. The second kappa shape index (κ2) is 5.03. The van der Waals surface area contributed by atoms with Gasteiger partial charge in [-0.2, -0.15) is 0 Å². The predicted octanol–water partition coefficient (Wildman–Crippen LogP) is 2.70. The maximum atomic E-state index is 5.94. The lowest BCUT2D eigenvalue weighted by molar-refractivity contribution is 0.953. The molecule has 2 rings (SSSR count). The summed E-state index contributed by atoms with van der Waals surface area (Å²) in [6, 6.07) is 1.90. The number of rotatable bonds is 3. The van der Waals surface area contributed by atoms with Gasteiger partial charge < -0.3 is 5.73 Å². The summed E-state index contributed by atoms with van der Waals surface area (Å²) in [4.78, 5) is 4.24. The molecule has 0 amide bonds. The Morgan fingerprint density at radius 2 is 2.06 bits per heavy atom. The fraction of sp³-hybridized carbons (Fsp3) is 0.222. The molecule has 0 fully saturated rings. The first-order valence-corrected chi connectivity index (χ1v) is 7.33. The summed E-state index contributed by atoms with van der Waals surface area (Å²) >= 11 is 4.60. The number of thioether (sulfide) groups is 1. The van der Waals surface area contributed by atoms with Crippen LogP contribution in [0.2, 0.25) is 0 Å². The molecule has 0 aromatic carbocycles. The normalized spacial score (nSPS) is 10.6. The quantitative estimate of drug-likeness (QED) is 0.865. The zero-order valence-corrected chi connectivity index (χ0v) is 11.2. The highest BCUT2D eigenvalue weighted by molar-refractivity contribution is 8.03. The number of hydrogen-bond donors (Lipinski definition) is 1. The van der Waals surface area contributed by atoms with Crippen molar-refractivity contribution in [3.05, 3.63) is 17.8 Å². The topological polar surface area (TPSA) is 64.7 Å². The zero-order chi connectivity index (χ0) is 11.5. The molecule has 84 valence electrons. The Morgan fingerprint density at radius 3 is 2.75 bits per heavy atom.